The van der Waals surface area contributed by atoms with Crippen LogP contribution in [0.25, 0.3) is 0 Å². The Labute approximate surface area is 177 Å². The number of ether oxygens (including phenoxy) is 1. The van der Waals surface area contributed by atoms with E-state index in [1.54, 1.807) is 0 Å². The van der Waals surface area contributed by atoms with Gasteiger partial charge in [0.2, 0.25) is 4.77 Å². The molecule has 1 saturated heterocycles. The third kappa shape index (κ3) is 4.43. The molecule has 3 aromatic rings. The Kier molecular flexibility index (Phi) is 6.11. The van der Waals surface area contributed by atoms with Gasteiger partial charge in [-0.15, -0.1) is 0 Å². The van der Waals surface area contributed by atoms with Gasteiger partial charge in [0.15, 0.2) is 6.67 Å². The van der Waals surface area contributed by atoms with Crippen molar-refractivity contribution in [1.29, 1.82) is 0 Å². The van der Waals surface area contributed by atoms with Gasteiger partial charge in [-0.2, -0.15) is 9.78 Å². The first kappa shape index (κ1) is 19.9. The highest BCUT2D eigenvalue weighted by molar-refractivity contribution is 7.71. The van der Waals surface area contributed by atoms with Crippen molar-refractivity contribution >= 4 is 12.2 Å². The molecule has 29 heavy (non-hydrogen) atoms. The predicted octanol–water partition coefficient (Wildman–Crippen LogP) is 3.55. The second kappa shape index (κ2) is 8.93. The largest absolute Gasteiger partial charge is 0.494 e. The van der Waals surface area contributed by atoms with Gasteiger partial charge >= 0.3 is 0 Å². The Balaban J connectivity index is 1.51. The minimum Gasteiger partial charge on any atom is -0.494 e. The summed E-state index contributed by atoms with van der Waals surface area (Å²) in [7, 11) is 0. The Bertz CT molecular complexity index is 994. The first-order valence-corrected chi connectivity index (χ1v) is 10.8. The topological polar surface area (TPSA) is 36.4 Å². The van der Waals surface area contributed by atoms with Gasteiger partial charge in [-0.3, -0.25) is 4.57 Å². The second-order valence-electron chi connectivity index (χ2n) is 7.66. The molecule has 0 saturated carbocycles. The lowest BCUT2D eigenvalue weighted by Crippen LogP contribution is -3.09. The first-order chi connectivity index (χ1) is 14.2. The van der Waals surface area contributed by atoms with E-state index >= 15 is 0 Å². The minimum atomic E-state index is 0.479. The SMILES string of the molecule is CCOc1ccc([C@H]2CCC[NH+]2Cn2nc(C)n(Cc3ccccc3)c2=S)cc1. The van der Waals surface area contributed by atoms with Gasteiger partial charge < -0.3 is 9.64 Å². The van der Waals surface area contributed by atoms with Gasteiger partial charge in [0, 0.05) is 18.4 Å². The molecule has 6 heteroatoms. The van der Waals surface area contributed by atoms with Gasteiger partial charge in [0.25, 0.3) is 0 Å². The summed E-state index contributed by atoms with van der Waals surface area (Å²) in [5.74, 6) is 1.91. The lowest BCUT2D eigenvalue weighted by Gasteiger charge is -2.21. The van der Waals surface area contributed by atoms with E-state index in [1.165, 1.54) is 28.9 Å². The van der Waals surface area contributed by atoms with E-state index in [1.807, 2.05) is 24.6 Å². The number of hydrogen-bond donors (Lipinski definition) is 1. The van der Waals surface area contributed by atoms with E-state index in [-0.39, 0.29) is 0 Å². The zero-order valence-corrected chi connectivity index (χ0v) is 18.0. The van der Waals surface area contributed by atoms with Crippen LogP contribution in [0.4, 0.5) is 0 Å². The summed E-state index contributed by atoms with van der Waals surface area (Å²) in [6.45, 7) is 7.47. The average Bonchev–Trinajstić information content (AvgIpc) is 3.30. The van der Waals surface area contributed by atoms with Gasteiger partial charge in [0.1, 0.15) is 17.6 Å². The highest BCUT2D eigenvalue weighted by Crippen LogP contribution is 2.22. The van der Waals surface area contributed by atoms with E-state index < -0.39 is 0 Å². The summed E-state index contributed by atoms with van der Waals surface area (Å²) in [6, 6.07) is 19.5. The number of quaternary nitrogens is 1. The molecule has 1 N–H and O–H groups in total. The molecule has 4 rings (SSSR count). The number of benzene rings is 2. The van der Waals surface area contributed by atoms with Crippen LogP contribution in [-0.4, -0.2) is 27.5 Å². The zero-order valence-electron chi connectivity index (χ0n) is 17.2. The molecule has 1 aliphatic rings. The summed E-state index contributed by atoms with van der Waals surface area (Å²) < 4.78 is 10.5. The summed E-state index contributed by atoms with van der Waals surface area (Å²) in [4.78, 5) is 1.52. The molecule has 0 radical (unpaired) electrons. The van der Waals surface area contributed by atoms with E-state index in [2.05, 4.69) is 53.1 Å². The molecular weight excluding hydrogens is 380 g/mol. The van der Waals surface area contributed by atoms with E-state index in [0.29, 0.717) is 12.6 Å². The fraction of sp³-hybridized carbons (Fsp3) is 0.391. The summed E-state index contributed by atoms with van der Waals surface area (Å²) in [5.41, 5.74) is 2.61. The number of likely N-dealkylation sites (tertiary alicyclic amines) is 1. The molecule has 2 aromatic carbocycles. The average molecular weight is 410 g/mol. The fourth-order valence-corrected chi connectivity index (χ4v) is 4.56. The lowest BCUT2D eigenvalue weighted by molar-refractivity contribution is -0.941. The first-order valence-electron chi connectivity index (χ1n) is 10.4. The van der Waals surface area contributed by atoms with Gasteiger partial charge in [0.05, 0.1) is 19.7 Å². The molecule has 2 heterocycles. The Morgan fingerprint density at radius 2 is 1.90 bits per heavy atom. The van der Waals surface area contributed by atoms with Crippen LogP contribution >= 0.6 is 12.2 Å². The summed E-state index contributed by atoms with van der Waals surface area (Å²) in [6.07, 6.45) is 2.42. The van der Waals surface area contributed by atoms with Crippen LogP contribution in [-0.2, 0) is 13.2 Å². The highest BCUT2D eigenvalue weighted by Gasteiger charge is 2.30. The van der Waals surface area contributed by atoms with Crippen molar-refractivity contribution < 1.29 is 9.64 Å². The molecule has 0 aliphatic carbocycles. The number of aromatic nitrogens is 3. The third-order valence-corrected chi connectivity index (χ3v) is 6.15. The predicted molar refractivity (Wildman–Crippen MR) is 117 cm³/mol. The Morgan fingerprint density at radius 1 is 1.14 bits per heavy atom. The minimum absolute atomic E-state index is 0.479. The van der Waals surface area contributed by atoms with E-state index in [4.69, 9.17) is 22.1 Å². The molecule has 1 fully saturated rings. The quantitative estimate of drug-likeness (QED) is 0.607. The van der Waals surface area contributed by atoms with Crippen LogP contribution < -0.4 is 9.64 Å². The van der Waals surface area contributed by atoms with E-state index in [0.717, 1.165) is 36.1 Å². The molecule has 1 unspecified atom stereocenters. The van der Waals surface area contributed by atoms with Crippen molar-refractivity contribution in [3.8, 4) is 5.75 Å². The van der Waals surface area contributed by atoms with Crippen molar-refractivity contribution in [3.05, 3.63) is 76.3 Å². The monoisotopic (exact) mass is 409 g/mol. The standard InChI is InChI=1S/C23H28N4OS/c1-3-28-21-13-11-20(12-14-21)22-10-7-15-25(22)17-27-23(29)26(18(2)24-27)16-19-8-5-4-6-9-19/h4-6,8-9,11-14,22H,3,7,10,15-17H2,1-2H3/p+1/t22-/m1/s1. The number of hydrogen-bond acceptors (Lipinski definition) is 3. The summed E-state index contributed by atoms with van der Waals surface area (Å²) in [5, 5.41) is 4.77. The van der Waals surface area contributed by atoms with Crippen molar-refractivity contribution in [3.63, 3.8) is 0 Å². The van der Waals surface area contributed by atoms with Crippen LogP contribution in [0.2, 0.25) is 0 Å². The van der Waals surface area contributed by atoms with Crippen molar-refractivity contribution in [2.24, 2.45) is 0 Å². The van der Waals surface area contributed by atoms with Gasteiger partial charge in [-0.05, 0) is 55.9 Å². The molecule has 1 aromatic heterocycles. The molecule has 0 amide bonds. The fourth-order valence-electron chi connectivity index (χ4n) is 4.26. The lowest BCUT2D eigenvalue weighted by atomic mass is 10.0. The maximum absolute atomic E-state index is 5.78. The maximum atomic E-state index is 5.78. The highest BCUT2D eigenvalue weighted by atomic mass is 32.1. The van der Waals surface area contributed by atoms with Crippen LogP contribution in [0.15, 0.2) is 54.6 Å². The molecular formula is C23H29N4OS+. The van der Waals surface area contributed by atoms with Gasteiger partial charge in [-0.25, -0.2) is 0 Å². The maximum Gasteiger partial charge on any atom is 0.203 e. The number of rotatable bonds is 7. The smallest absolute Gasteiger partial charge is 0.203 e. The Hall–Kier alpha value is -2.44. The summed E-state index contributed by atoms with van der Waals surface area (Å²) >= 11 is 5.78. The van der Waals surface area contributed by atoms with Crippen LogP contribution in [0.1, 0.15) is 42.8 Å². The molecule has 0 bridgehead atoms. The second-order valence-corrected chi connectivity index (χ2v) is 8.03. The third-order valence-electron chi connectivity index (χ3n) is 5.72. The molecule has 1 aliphatic heterocycles. The Morgan fingerprint density at radius 3 is 2.62 bits per heavy atom. The van der Waals surface area contributed by atoms with Crippen molar-refractivity contribution in [1.82, 2.24) is 14.3 Å². The van der Waals surface area contributed by atoms with Gasteiger partial charge in [-0.1, -0.05) is 30.3 Å². The van der Waals surface area contributed by atoms with Crippen LogP contribution in [0.5, 0.6) is 5.75 Å². The number of nitrogens with zero attached hydrogens (tertiary/aromatic N) is 3. The molecule has 0 spiro atoms. The molecule has 2 atom stereocenters. The molecule has 152 valence electrons. The normalized spacial score (nSPS) is 18.8. The van der Waals surface area contributed by atoms with E-state index in [9.17, 15) is 0 Å². The molecule has 5 nitrogen and oxygen atoms in total. The van der Waals surface area contributed by atoms with Crippen molar-refractivity contribution in [2.75, 3.05) is 13.2 Å². The zero-order chi connectivity index (χ0) is 20.2. The van der Waals surface area contributed by atoms with Crippen molar-refractivity contribution in [2.45, 2.75) is 45.9 Å². The number of aryl methyl sites for hydroxylation is 1. The van der Waals surface area contributed by atoms with Crippen LogP contribution in [0, 0.1) is 11.7 Å². The van der Waals surface area contributed by atoms with Crippen LogP contribution in [0.3, 0.4) is 0 Å². The number of nitrogens with one attached hydrogen (secondary N) is 1.